The van der Waals surface area contributed by atoms with Gasteiger partial charge in [0, 0.05) is 0 Å². The van der Waals surface area contributed by atoms with Crippen molar-refractivity contribution in [2.45, 2.75) is 20.5 Å². The van der Waals surface area contributed by atoms with E-state index in [1.165, 1.54) is 0 Å². The lowest BCUT2D eigenvalue weighted by Crippen LogP contribution is -2.12. The Hall–Kier alpha value is -2.99. The molecule has 0 N–H and O–H groups in total. The molecule has 28 heavy (non-hydrogen) atoms. The number of carbonyl (C=O) groups is 1. The molecule has 0 saturated heterocycles. The number of ether oxygens (including phenoxy) is 3. The summed E-state index contributed by atoms with van der Waals surface area (Å²) in [6, 6.07) is 13.9. The van der Waals surface area contributed by atoms with Crippen LogP contribution in [0.5, 0.6) is 11.5 Å². The van der Waals surface area contributed by atoms with Crippen LogP contribution in [0.1, 0.15) is 27.4 Å². The van der Waals surface area contributed by atoms with E-state index < -0.39 is 5.97 Å². The Morgan fingerprint density at radius 1 is 1.04 bits per heavy atom. The molecule has 1 aromatic heterocycles. The van der Waals surface area contributed by atoms with Crippen molar-refractivity contribution in [3.63, 3.8) is 0 Å². The second kappa shape index (κ2) is 9.28. The lowest BCUT2D eigenvalue weighted by molar-refractivity contribution is 0.0450. The standard InChI is InChI=1S/C21H20ClNO5/c1-14-18(15(2)28-23-14)13-27-17-9-7-16(8-10-17)21(24)26-12-11-25-20-6-4-3-5-19(20)22/h3-10H,11-13H2,1-2H3. The van der Waals surface area contributed by atoms with Crippen molar-refractivity contribution in [3.05, 3.63) is 76.1 Å². The number of carbonyl (C=O) groups excluding carboxylic acids is 1. The maximum absolute atomic E-state index is 12.1. The van der Waals surface area contributed by atoms with E-state index in [2.05, 4.69) is 5.16 Å². The van der Waals surface area contributed by atoms with Gasteiger partial charge in [-0.05, 0) is 50.2 Å². The number of hydrogen-bond acceptors (Lipinski definition) is 6. The lowest BCUT2D eigenvalue weighted by Gasteiger charge is -2.09. The van der Waals surface area contributed by atoms with E-state index >= 15 is 0 Å². The zero-order valence-electron chi connectivity index (χ0n) is 15.6. The second-order valence-electron chi connectivity index (χ2n) is 6.03. The van der Waals surface area contributed by atoms with Crippen LogP contribution in [-0.2, 0) is 11.3 Å². The van der Waals surface area contributed by atoms with E-state index in [-0.39, 0.29) is 13.2 Å². The Labute approximate surface area is 168 Å². The van der Waals surface area contributed by atoms with E-state index in [1.807, 2.05) is 26.0 Å². The molecule has 0 aliphatic carbocycles. The highest BCUT2D eigenvalue weighted by Gasteiger charge is 2.11. The smallest absolute Gasteiger partial charge is 0.338 e. The molecule has 1 heterocycles. The number of para-hydroxylation sites is 1. The fourth-order valence-corrected chi connectivity index (χ4v) is 2.67. The third-order valence-corrected chi connectivity index (χ3v) is 4.38. The molecule has 0 unspecified atom stereocenters. The first-order valence-electron chi connectivity index (χ1n) is 8.73. The van der Waals surface area contributed by atoms with Crippen LogP contribution in [0.3, 0.4) is 0 Å². The maximum atomic E-state index is 12.1. The van der Waals surface area contributed by atoms with Crippen molar-refractivity contribution in [2.24, 2.45) is 0 Å². The number of nitrogens with zero attached hydrogens (tertiary/aromatic N) is 1. The summed E-state index contributed by atoms with van der Waals surface area (Å²) in [5.41, 5.74) is 2.15. The summed E-state index contributed by atoms with van der Waals surface area (Å²) < 4.78 is 21.5. The minimum atomic E-state index is -0.431. The van der Waals surface area contributed by atoms with Crippen molar-refractivity contribution in [2.75, 3.05) is 13.2 Å². The summed E-state index contributed by atoms with van der Waals surface area (Å²) >= 11 is 6.00. The molecule has 0 atom stereocenters. The third kappa shape index (κ3) is 5.04. The van der Waals surface area contributed by atoms with Crippen molar-refractivity contribution in [1.82, 2.24) is 5.16 Å². The summed E-state index contributed by atoms with van der Waals surface area (Å²) in [4.78, 5) is 12.1. The predicted octanol–water partition coefficient (Wildman–Crippen LogP) is 4.76. The summed E-state index contributed by atoms with van der Waals surface area (Å²) in [7, 11) is 0. The number of hydrogen-bond donors (Lipinski definition) is 0. The van der Waals surface area contributed by atoms with Crippen LogP contribution in [-0.4, -0.2) is 24.3 Å². The zero-order valence-corrected chi connectivity index (χ0v) is 16.4. The van der Waals surface area contributed by atoms with Gasteiger partial charge >= 0.3 is 5.97 Å². The van der Waals surface area contributed by atoms with Crippen LogP contribution in [0.4, 0.5) is 0 Å². The highest BCUT2D eigenvalue weighted by atomic mass is 35.5. The Morgan fingerprint density at radius 3 is 2.46 bits per heavy atom. The summed E-state index contributed by atoms with van der Waals surface area (Å²) in [6.07, 6.45) is 0. The number of halogens is 1. The van der Waals surface area contributed by atoms with Crippen molar-refractivity contribution >= 4 is 17.6 Å². The molecule has 0 radical (unpaired) electrons. The van der Waals surface area contributed by atoms with Gasteiger partial charge in [0.25, 0.3) is 0 Å². The van der Waals surface area contributed by atoms with Gasteiger partial charge in [-0.1, -0.05) is 28.9 Å². The fraction of sp³-hybridized carbons (Fsp3) is 0.238. The molecule has 7 heteroatoms. The number of benzene rings is 2. The van der Waals surface area contributed by atoms with Gasteiger partial charge in [-0.25, -0.2) is 4.79 Å². The number of esters is 1. The molecule has 0 amide bonds. The first-order valence-corrected chi connectivity index (χ1v) is 9.11. The molecule has 0 aliphatic heterocycles. The molecule has 0 bridgehead atoms. The van der Waals surface area contributed by atoms with Crippen LogP contribution in [0.15, 0.2) is 53.1 Å². The Kier molecular flexibility index (Phi) is 6.55. The van der Waals surface area contributed by atoms with Crippen LogP contribution < -0.4 is 9.47 Å². The van der Waals surface area contributed by atoms with Crippen LogP contribution in [0.2, 0.25) is 5.02 Å². The van der Waals surface area contributed by atoms with E-state index in [0.717, 1.165) is 17.0 Å². The molecule has 146 valence electrons. The highest BCUT2D eigenvalue weighted by molar-refractivity contribution is 6.32. The summed E-state index contributed by atoms with van der Waals surface area (Å²) in [5.74, 6) is 1.50. The van der Waals surface area contributed by atoms with Gasteiger partial charge in [0.2, 0.25) is 0 Å². The van der Waals surface area contributed by atoms with Gasteiger partial charge in [0.15, 0.2) is 0 Å². The number of rotatable bonds is 8. The molecular weight excluding hydrogens is 382 g/mol. The summed E-state index contributed by atoms with van der Waals surface area (Å²) in [5, 5.41) is 4.41. The Bertz CT molecular complexity index is 917. The minimum Gasteiger partial charge on any atom is -0.489 e. The van der Waals surface area contributed by atoms with E-state index in [0.29, 0.717) is 28.7 Å². The molecule has 0 saturated carbocycles. The SMILES string of the molecule is Cc1noc(C)c1COc1ccc(C(=O)OCCOc2ccccc2Cl)cc1. The maximum Gasteiger partial charge on any atom is 0.338 e. The van der Waals surface area contributed by atoms with E-state index in [1.54, 1.807) is 36.4 Å². The van der Waals surface area contributed by atoms with Crippen molar-refractivity contribution in [1.29, 1.82) is 0 Å². The third-order valence-electron chi connectivity index (χ3n) is 4.07. The van der Waals surface area contributed by atoms with Gasteiger partial charge in [0.1, 0.15) is 37.1 Å². The largest absolute Gasteiger partial charge is 0.489 e. The average Bonchev–Trinajstić information content (AvgIpc) is 3.02. The van der Waals surface area contributed by atoms with Gasteiger partial charge in [-0.15, -0.1) is 0 Å². The van der Waals surface area contributed by atoms with Gasteiger partial charge in [-0.3, -0.25) is 0 Å². The molecule has 3 rings (SSSR count). The predicted molar refractivity (Wildman–Crippen MR) is 104 cm³/mol. The lowest BCUT2D eigenvalue weighted by atomic mass is 10.2. The van der Waals surface area contributed by atoms with Crippen molar-refractivity contribution in [3.8, 4) is 11.5 Å². The molecular formula is C21H20ClNO5. The van der Waals surface area contributed by atoms with Crippen LogP contribution in [0, 0.1) is 13.8 Å². The van der Waals surface area contributed by atoms with Gasteiger partial charge in [0.05, 0.1) is 21.8 Å². The molecule has 0 aliphatic rings. The topological polar surface area (TPSA) is 70.8 Å². The Morgan fingerprint density at radius 2 is 1.79 bits per heavy atom. The normalized spacial score (nSPS) is 10.5. The summed E-state index contributed by atoms with van der Waals surface area (Å²) in [6.45, 7) is 4.39. The monoisotopic (exact) mass is 401 g/mol. The second-order valence-corrected chi connectivity index (χ2v) is 6.44. The van der Waals surface area contributed by atoms with Crippen molar-refractivity contribution < 1.29 is 23.5 Å². The molecule has 0 fully saturated rings. The quantitative estimate of drug-likeness (QED) is 0.400. The fourth-order valence-electron chi connectivity index (χ4n) is 2.48. The first-order chi connectivity index (χ1) is 13.5. The highest BCUT2D eigenvalue weighted by Crippen LogP contribution is 2.23. The zero-order chi connectivity index (χ0) is 19.9. The van der Waals surface area contributed by atoms with E-state index in [9.17, 15) is 4.79 Å². The molecule has 0 spiro atoms. The Balaban J connectivity index is 1.45. The number of aryl methyl sites for hydroxylation is 2. The molecule has 2 aromatic carbocycles. The van der Waals surface area contributed by atoms with E-state index in [4.69, 9.17) is 30.3 Å². The van der Waals surface area contributed by atoms with Crippen LogP contribution >= 0.6 is 11.6 Å². The number of aromatic nitrogens is 1. The van der Waals surface area contributed by atoms with Gasteiger partial charge < -0.3 is 18.7 Å². The van der Waals surface area contributed by atoms with Crippen LogP contribution in [0.25, 0.3) is 0 Å². The van der Waals surface area contributed by atoms with Gasteiger partial charge in [-0.2, -0.15) is 0 Å². The minimum absolute atomic E-state index is 0.119. The molecule has 6 nitrogen and oxygen atoms in total. The first kappa shape index (κ1) is 19.8. The molecule has 3 aromatic rings. The average molecular weight is 402 g/mol.